The van der Waals surface area contributed by atoms with Gasteiger partial charge in [0, 0.05) is 11.6 Å². The maximum absolute atomic E-state index is 11.2. The first-order valence-electron chi connectivity index (χ1n) is 6.97. The summed E-state index contributed by atoms with van der Waals surface area (Å²) in [4.78, 5) is 11.2. The molecule has 1 heterocycles. The normalized spacial score (nSPS) is 11.0. The zero-order chi connectivity index (χ0) is 14.7. The summed E-state index contributed by atoms with van der Waals surface area (Å²) in [5.41, 5.74) is 3.15. The Morgan fingerprint density at radius 1 is 1.25 bits per heavy atom. The largest absolute Gasteiger partial charge is 0.476 e. The molecule has 2 aromatic rings. The van der Waals surface area contributed by atoms with Crippen LogP contribution in [0.1, 0.15) is 54.4 Å². The molecule has 0 spiro atoms. The molecule has 4 nitrogen and oxygen atoms in total. The first kappa shape index (κ1) is 14.3. The summed E-state index contributed by atoms with van der Waals surface area (Å²) in [6.07, 6.45) is 1.93. The van der Waals surface area contributed by atoms with Gasteiger partial charge in [0.15, 0.2) is 5.69 Å². The molecule has 0 bridgehead atoms. The molecule has 0 aliphatic carbocycles. The van der Waals surface area contributed by atoms with E-state index in [1.807, 2.05) is 31.2 Å². The van der Waals surface area contributed by atoms with Gasteiger partial charge >= 0.3 is 5.97 Å². The molecule has 1 aromatic heterocycles. The van der Waals surface area contributed by atoms with Crippen LogP contribution in [0.4, 0.5) is 0 Å². The molecule has 4 heteroatoms. The maximum atomic E-state index is 11.2. The minimum atomic E-state index is -0.983. The second kappa shape index (κ2) is 5.90. The fourth-order valence-corrected chi connectivity index (χ4v) is 2.39. The average Bonchev–Trinajstić information content (AvgIpc) is 2.86. The molecule has 2 rings (SSSR count). The molecule has 0 aliphatic heterocycles. The van der Waals surface area contributed by atoms with Crippen LogP contribution in [0.25, 0.3) is 5.69 Å². The van der Waals surface area contributed by atoms with Crippen molar-refractivity contribution in [2.45, 2.75) is 39.5 Å². The van der Waals surface area contributed by atoms with E-state index in [2.05, 4.69) is 18.9 Å². The third-order valence-electron chi connectivity index (χ3n) is 3.64. The van der Waals surface area contributed by atoms with E-state index in [1.54, 1.807) is 10.7 Å². The Balaban J connectivity index is 2.54. The van der Waals surface area contributed by atoms with Crippen molar-refractivity contribution in [2.24, 2.45) is 0 Å². The first-order valence-corrected chi connectivity index (χ1v) is 6.97. The van der Waals surface area contributed by atoms with E-state index in [0.29, 0.717) is 5.92 Å². The topological polar surface area (TPSA) is 55.1 Å². The number of hydrogen-bond acceptors (Lipinski definition) is 2. The van der Waals surface area contributed by atoms with Gasteiger partial charge in [0.1, 0.15) is 0 Å². The van der Waals surface area contributed by atoms with Gasteiger partial charge in [-0.1, -0.05) is 31.5 Å². The fourth-order valence-electron chi connectivity index (χ4n) is 2.39. The Bertz CT molecular complexity index is 595. The molecule has 0 saturated carbocycles. The Morgan fingerprint density at radius 2 is 1.85 bits per heavy atom. The lowest BCUT2D eigenvalue weighted by Gasteiger charge is -2.15. The highest BCUT2D eigenvalue weighted by Crippen LogP contribution is 2.26. The maximum Gasteiger partial charge on any atom is 0.356 e. The number of aromatic nitrogens is 2. The molecular weight excluding hydrogens is 252 g/mol. The van der Waals surface area contributed by atoms with Crippen LogP contribution in [0.3, 0.4) is 0 Å². The minimum Gasteiger partial charge on any atom is -0.476 e. The van der Waals surface area contributed by atoms with Crippen LogP contribution in [0, 0.1) is 6.92 Å². The lowest BCUT2D eigenvalue weighted by atomic mass is 9.99. The number of carboxylic acid groups (broad SMARTS) is 1. The zero-order valence-corrected chi connectivity index (χ0v) is 12.1. The Hall–Kier alpha value is -2.10. The average molecular weight is 272 g/mol. The molecule has 106 valence electrons. The Labute approximate surface area is 119 Å². The molecule has 0 unspecified atom stereocenters. The molecular formula is C16H20N2O2. The van der Waals surface area contributed by atoms with Crippen molar-refractivity contribution < 1.29 is 9.90 Å². The predicted octanol–water partition coefficient (Wildman–Crippen LogP) is 3.78. The molecule has 0 aliphatic rings. The van der Waals surface area contributed by atoms with Crippen LogP contribution in [0.15, 0.2) is 30.3 Å². The van der Waals surface area contributed by atoms with Crippen molar-refractivity contribution in [1.29, 1.82) is 0 Å². The third kappa shape index (κ3) is 2.74. The van der Waals surface area contributed by atoms with Gasteiger partial charge in [-0.3, -0.25) is 0 Å². The highest BCUT2D eigenvalue weighted by Gasteiger charge is 2.19. The molecule has 0 atom stereocenters. The standard InChI is InChI=1S/C16H20N2O2/c1-4-12(5-2)15-10-14(16(19)20)17-18(15)13-8-6-11(3)7-9-13/h6-10,12H,4-5H2,1-3H3,(H,19,20). The van der Waals surface area contributed by atoms with E-state index in [9.17, 15) is 4.79 Å². The smallest absolute Gasteiger partial charge is 0.356 e. The fraction of sp³-hybridized carbons (Fsp3) is 0.375. The number of nitrogens with zero attached hydrogens (tertiary/aromatic N) is 2. The third-order valence-corrected chi connectivity index (χ3v) is 3.64. The van der Waals surface area contributed by atoms with Gasteiger partial charge in [-0.15, -0.1) is 0 Å². The monoisotopic (exact) mass is 272 g/mol. The highest BCUT2D eigenvalue weighted by molar-refractivity contribution is 5.85. The summed E-state index contributed by atoms with van der Waals surface area (Å²) in [5, 5.41) is 13.4. The first-order chi connectivity index (χ1) is 9.56. The van der Waals surface area contributed by atoms with Gasteiger partial charge in [-0.05, 0) is 38.0 Å². The molecule has 1 aromatic carbocycles. The van der Waals surface area contributed by atoms with Crippen LogP contribution >= 0.6 is 0 Å². The summed E-state index contributed by atoms with van der Waals surface area (Å²) in [5.74, 6) is -0.667. The van der Waals surface area contributed by atoms with E-state index in [-0.39, 0.29) is 5.69 Å². The van der Waals surface area contributed by atoms with Gasteiger partial charge in [0.25, 0.3) is 0 Å². The van der Waals surface area contributed by atoms with Crippen LogP contribution in [-0.2, 0) is 0 Å². The second-order valence-corrected chi connectivity index (χ2v) is 5.02. The van der Waals surface area contributed by atoms with Gasteiger partial charge in [0.2, 0.25) is 0 Å². The van der Waals surface area contributed by atoms with E-state index in [0.717, 1.165) is 24.2 Å². The summed E-state index contributed by atoms with van der Waals surface area (Å²) in [6, 6.07) is 9.65. The van der Waals surface area contributed by atoms with Gasteiger partial charge in [-0.25, -0.2) is 9.48 Å². The number of aryl methyl sites for hydroxylation is 1. The second-order valence-electron chi connectivity index (χ2n) is 5.02. The number of hydrogen-bond donors (Lipinski definition) is 1. The minimum absolute atomic E-state index is 0.104. The number of carbonyl (C=O) groups is 1. The van der Waals surface area contributed by atoms with E-state index < -0.39 is 5.97 Å². The van der Waals surface area contributed by atoms with Crippen molar-refractivity contribution in [3.05, 3.63) is 47.3 Å². The van der Waals surface area contributed by atoms with Crippen molar-refractivity contribution in [2.75, 3.05) is 0 Å². The molecule has 0 radical (unpaired) electrons. The lowest BCUT2D eigenvalue weighted by Crippen LogP contribution is -2.07. The van der Waals surface area contributed by atoms with Gasteiger partial charge < -0.3 is 5.11 Å². The summed E-state index contributed by atoms with van der Waals surface area (Å²) in [7, 11) is 0. The summed E-state index contributed by atoms with van der Waals surface area (Å²) in [6.45, 7) is 6.25. The molecule has 0 amide bonds. The molecule has 1 N–H and O–H groups in total. The van der Waals surface area contributed by atoms with Crippen molar-refractivity contribution in [1.82, 2.24) is 9.78 Å². The Kier molecular flexibility index (Phi) is 4.23. The summed E-state index contributed by atoms with van der Waals surface area (Å²) < 4.78 is 1.76. The van der Waals surface area contributed by atoms with Gasteiger partial charge in [-0.2, -0.15) is 5.10 Å². The quantitative estimate of drug-likeness (QED) is 0.901. The van der Waals surface area contributed by atoms with Crippen molar-refractivity contribution in [3.63, 3.8) is 0 Å². The predicted molar refractivity (Wildman–Crippen MR) is 78.6 cm³/mol. The summed E-state index contributed by atoms with van der Waals surface area (Å²) >= 11 is 0. The highest BCUT2D eigenvalue weighted by atomic mass is 16.4. The van der Waals surface area contributed by atoms with E-state index in [4.69, 9.17) is 5.11 Å². The number of benzene rings is 1. The molecule has 20 heavy (non-hydrogen) atoms. The number of aromatic carboxylic acids is 1. The van der Waals surface area contributed by atoms with Crippen LogP contribution < -0.4 is 0 Å². The van der Waals surface area contributed by atoms with Crippen molar-refractivity contribution in [3.8, 4) is 5.69 Å². The van der Waals surface area contributed by atoms with Crippen molar-refractivity contribution >= 4 is 5.97 Å². The zero-order valence-electron chi connectivity index (χ0n) is 12.1. The molecule has 0 saturated heterocycles. The van der Waals surface area contributed by atoms with Crippen LogP contribution in [0.2, 0.25) is 0 Å². The lowest BCUT2D eigenvalue weighted by molar-refractivity contribution is 0.0690. The SMILES string of the molecule is CCC(CC)c1cc(C(=O)O)nn1-c1ccc(C)cc1. The number of carboxylic acids is 1. The molecule has 0 fully saturated rings. The van der Waals surface area contributed by atoms with E-state index in [1.165, 1.54) is 5.56 Å². The van der Waals surface area contributed by atoms with Gasteiger partial charge in [0.05, 0.1) is 5.69 Å². The van der Waals surface area contributed by atoms with E-state index >= 15 is 0 Å². The van der Waals surface area contributed by atoms with Crippen LogP contribution in [0.5, 0.6) is 0 Å². The Morgan fingerprint density at radius 3 is 2.35 bits per heavy atom. The van der Waals surface area contributed by atoms with Crippen LogP contribution in [-0.4, -0.2) is 20.9 Å². The number of rotatable bonds is 5.